The minimum atomic E-state index is -0.119. The average molecular weight is 186 g/mol. The van der Waals surface area contributed by atoms with Crippen molar-refractivity contribution in [2.24, 2.45) is 11.3 Å². The molecule has 1 fully saturated rings. The lowest BCUT2D eigenvalue weighted by Gasteiger charge is -2.00. The van der Waals surface area contributed by atoms with E-state index < -0.39 is 0 Å². The lowest BCUT2D eigenvalue weighted by Crippen LogP contribution is -2.11. The zero-order chi connectivity index (χ0) is 10.1. The smallest absolute Gasteiger partial charge is 0.312 e. The molecule has 13 heavy (non-hydrogen) atoms. The van der Waals surface area contributed by atoms with Gasteiger partial charge in [0.2, 0.25) is 0 Å². The van der Waals surface area contributed by atoms with Crippen molar-refractivity contribution in [3.63, 3.8) is 0 Å². The van der Waals surface area contributed by atoms with Crippen LogP contribution in [0.5, 0.6) is 0 Å². The molecule has 0 heterocycles. The zero-order valence-electron chi connectivity index (χ0n) is 8.79. The van der Waals surface area contributed by atoms with Crippen LogP contribution >= 0.6 is 0 Å². The normalized spacial score (nSPS) is 29.8. The molecular formula is C10H18O3. The van der Waals surface area contributed by atoms with E-state index in [2.05, 4.69) is 0 Å². The largest absolute Gasteiger partial charge is 0.466 e. The van der Waals surface area contributed by atoms with Crippen LogP contribution in [-0.2, 0) is 14.3 Å². The SMILES string of the molecule is CCOC(=O)C1C(OCC)C1(C)C. The van der Waals surface area contributed by atoms with Gasteiger partial charge in [-0.15, -0.1) is 0 Å². The molecule has 0 spiro atoms. The summed E-state index contributed by atoms with van der Waals surface area (Å²) in [5, 5.41) is 0. The monoisotopic (exact) mass is 186 g/mol. The number of ether oxygens (including phenoxy) is 2. The summed E-state index contributed by atoms with van der Waals surface area (Å²) >= 11 is 0. The van der Waals surface area contributed by atoms with Gasteiger partial charge in [-0.3, -0.25) is 4.79 Å². The van der Waals surface area contributed by atoms with E-state index in [-0.39, 0.29) is 23.4 Å². The highest BCUT2D eigenvalue weighted by molar-refractivity contribution is 5.78. The first kappa shape index (κ1) is 10.5. The van der Waals surface area contributed by atoms with Gasteiger partial charge in [-0.05, 0) is 13.8 Å². The Bertz CT molecular complexity index is 198. The molecule has 76 valence electrons. The van der Waals surface area contributed by atoms with Crippen LogP contribution in [0.3, 0.4) is 0 Å². The van der Waals surface area contributed by atoms with E-state index in [1.165, 1.54) is 0 Å². The second-order valence-corrected chi connectivity index (χ2v) is 3.93. The van der Waals surface area contributed by atoms with Crippen LogP contribution < -0.4 is 0 Å². The molecule has 3 heteroatoms. The van der Waals surface area contributed by atoms with Gasteiger partial charge in [-0.1, -0.05) is 13.8 Å². The van der Waals surface area contributed by atoms with Gasteiger partial charge in [0, 0.05) is 12.0 Å². The Morgan fingerprint density at radius 1 is 1.31 bits per heavy atom. The number of esters is 1. The Morgan fingerprint density at radius 2 is 1.92 bits per heavy atom. The predicted octanol–water partition coefficient (Wildman–Crippen LogP) is 1.61. The highest BCUT2D eigenvalue weighted by Crippen LogP contribution is 2.54. The quantitative estimate of drug-likeness (QED) is 0.626. The Kier molecular flexibility index (Phi) is 2.96. The van der Waals surface area contributed by atoms with Gasteiger partial charge >= 0.3 is 5.97 Å². The first-order valence-electron chi connectivity index (χ1n) is 4.83. The Hall–Kier alpha value is -0.570. The summed E-state index contributed by atoms with van der Waals surface area (Å²) in [5.74, 6) is -0.182. The lowest BCUT2D eigenvalue weighted by molar-refractivity contribution is -0.146. The third kappa shape index (κ3) is 1.85. The van der Waals surface area contributed by atoms with Crippen LogP contribution in [0.1, 0.15) is 27.7 Å². The fourth-order valence-corrected chi connectivity index (χ4v) is 1.74. The third-order valence-electron chi connectivity index (χ3n) is 2.62. The summed E-state index contributed by atoms with van der Waals surface area (Å²) in [6, 6.07) is 0. The second kappa shape index (κ2) is 3.66. The Balaban J connectivity index is 2.49. The molecule has 0 bridgehead atoms. The van der Waals surface area contributed by atoms with Gasteiger partial charge in [-0.2, -0.15) is 0 Å². The van der Waals surface area contributed by atoms with Crippen molar-refractivity contribution in [3.8, 4) is 0 Å². The van der Waals surface area contributed by atoms with Crippen molar-refractivity contribution < 1.29 is 14.3 Å². The number of carbonyl (C=O) groups is 1. The van der Waals surface area contributed by atoms with Gasteiger partial charge < -0.3 is 9.47 Å². The maximum atomic E-state index is 11.4. The van der Waals surface area contributed by atoms with Crippen molar-refractivity contribution in [2.75, 3.05) is 13.2 Å². The fraction of sp³-hybridized carbons (Fsp3) is 0.900. The number of carbonyl (C=O) groups excluding carboxylic acids is 1. The lowest BCUT2D eigenvalue weighted by atomic mass is 10.1. The summed E-state index contributed by atoms with van der Waals surface area (Å²) in [7, 11) is 0. The third-order valence-corrected chi connectivity index (χ3v) is 2.62. The first-order valence-corrected chi connectivity index (χ1v) is 4.83. The summed E-state index contributed by atoms with van der Waals surface area (Å²) in [6.07, 6.45) is 0.0524. The molecule has 0 aromatic carbocycles. The predicted molar refractivity (Wildman–Crippen MR) is 49.3 cm³/mol. The van der Waals surface area contributed by atoms with E-state index in [9.17, 15) is 4.79 Å². The van der Waals surface area contributed by atoms with Crippen LogP contribution in [0.25, 0.3) is 0 Å². The molecule has 3 nitrogen and oxygen atoms in total. The number of rotatable bonds is 4. The second-order valence-electron chi connectivity index (χ2n) is 3.93. The van der Waals surface area contributed by atoms with E-state index in [0.29, 0.717) is 13.2 Å². The molecule has 1 saturated carbocycles. The summed E-state index contributed by atoms with van der Waals surface area (Å²) in [6.45, 7) is 8.94. The summed E-state index contributed by atoms with van der Waals surface area (Å²) in [4.78, 5) is 11.4. The molecule has 0 amide bonds. The molecule has 1 aliphatic carbocycles. The van der Waals surface area contributed by atoms with Crippen molar-refractivity contribution >= 4 is 5.97 Å². The van der Waals surface area contributed by atoms with E-state index >= 15 is 0 Å². The fourth-order valence-electron chi connectivity index (χ4n) is 1.74. The topological polar surface area (TPSA) is 35.5 Å². The molecular weight excluding hydrogens is 168 g/mol. The molecule has 2 unspecified atom stereocenters. The highest BCUT2D eigenvalue weighted by atomic mass is 16.5. The molecule has 0 radical (unpaired) electrons. The average Bonchev–Trinajstić information content (AvgIpc) is 2.55. The van der Waals surface area contributed by atoms with E-state index in [1.54, 1.807) is 0 Å². The van der Waals surface area contributed by atoms with E-state index in [0.717, 1.165) is 0 Å². The zero-order valence-corrected chi connectivity index (χ0v) is 8.79. The van der Waals surface area contributed by atoms with Gasteiger partial charge in [0.25, 0.3) is 0 Å². The number of hydrogen-bond donors (Lipinski definition) is 0. The first-order chi connectivity index (χ1) is 6.05. The maximum absolute atomic E-state index is 11.4. The number of hydrogen-bond acceptors (Lipinski definition) is 3. The maximum Gasteiger partial charge on any atom is 0.312 e. The van der Waals surface area contributed by atoms with Crippen LogP contribution in [-0.4, -0.2) is 25.3 Å². The molecule has 0 aromatic rings. The molecule has 0 N–H and O–H groups in total. The van der Waals surface area contributed by atoms with E-state index in [4.69, 9.17) is 9.47 Å². The summed E-state index contributed by atoms with van der Waals surface area (Å²) in [5.41, 5.74) is -0.0394. The minimum Gasteiger partial charge on any atom is -0.466 e. The van der Waals surface area contributed by atoms with Crippen LogP contribution in [0, 0.1) is 11.3 Å². The van der Waals surface area contributed by atoms with Crippen molar-refractivity contribution in [1.29, 1.82) is 0 Å². The standard InChI is InChI=1S/C10H18O3/c1-5-12-8-7(10(8,3)4)9(11)13-6-2/h7-8H,5-6H2,1-4H3. The van der Waals surface area contributed by atoms with Gasteiger partial charge in [0.15, 0.2) is 0 Å². The van der Waals surface area contributed by atoms with Crippen LogP contribution in [0.2, 0.25) is 0 Å². The van der Waals surface area contributed by atoms with Crippen LogP contribution in [0.4, 0.5) is 0 Å². The minimum absolute atomic E-state index is 0.0394. The van der Waals surface area contributed by atoms with Gasteiger partial charge in [0.05, 0.1) is 18.6 Å². The molecule has 1 rings (SSSR count). The molecule has 1 aliphatic rings. The molecule has 0 saturated heterocycles. The van der Waals surface area contributed by atoms with Gasteiger partial charge in [0.1, 0.15) is 0 Å². The summed E-state index contributed by atoms with van der Waals surface area (Å²) < 4.78 is 10.4. The molecule has 0 aliphatic heterocycles. The Labute approximate surface area is 79.4 Å². The van der Waals surface area contributed by atoms with Crippen LogP contribution in [0.15, 0.2) is 0 Å². The highest BCUT2D eigenvalue weighted by Gasteiger charge is 2.63. The molecule has 2 atom stereocenters. The van der Waals surface area contributed by atoms with Crippen molar-refractivity contribution in [2.45, 2.75) is 33.8 Å². The van der Waals surface area contributed by atoms with Crippen molar-refractivity contribution in [1.82, 2.24) is 0 Å². The Morgan fingerprint density at radius 3 is 2.38 bits per heavy atom. The van der Waals surface area contributed by atoms with Crippen molar-refractivity contribution in [3.05, 3.63) is 0 Å². The van der Waals surface area contributed by atoms with E-state index in [1.807, 2.05) is 27.7 Å². The molecule has 0 aromatic heterocycles. The van der Waals surface area contributed by atoms with Gasteiger partial charge in [-0.25, -0.2) is 0 Å².